The van der Waals surface area contributed by atoms with Crippen molar-refractivity contribution in [3.63, 3.8) is 0 Å². The molecule has 0 bridgehead atoms. The van der Waals surface area contributed by atoms with Gasteiger partial charge in [-0.2, -0.15) is 0 Å². The molecule has 3 N–H and O–H groups in total. The molecule has 576 valence electrons. The monoisotopic (exact) mass is 1420 g/mol. The number of phosphoric acid groups is 2. The fourth-order valence-corrected chi connectivity index (χ4v) is 13.7. The number of carbonyl (C=O) groups is 4. The molecule has 5 atom stereocenters. The van der Waals surface area contributed by atoms with Crippen LogP contribution < -0.4 is 0 Å². The number of hydrogen-bond acceptors (Lipinski definition) is 15. The Kier molecular flexibility index (Phi) is 71.0. The zero-order chi connectivity index (χ0) is 71.1. The molecule has 17 nitrogen and oxygen atoms in total. The molecule has 0 aliphatic carbocycles. The first kappa shape index (κ1) is 95.1. The number of carbonyl (C=O) groups excluding carboxylic acids is 4. The van der Waals surface area contributed by atoms with Gasteiger partial charge < -0.3 is 33.8 Å². The summed E-state index contributed by atoms with van der Waals surface area (Å²) in [4.78, 5) is 72.6. The normalized spacial score (nSPS) is 13.8. The Morgan fingerprint density at radius 2 is 0.412 bits per heavy atom. The van der Waals surface area contributed by atoms with Crippen LogP contribution in [0.3, 0.4) is 0 Å². The first-order valence-electron chi connectivity index (χ1n) is 40.8. The Morgan fingerprint density at radius 1 is 0.247 bits per heavy atom. The van der Waals surface area contributed by atoms with E-state index in [1.807, 2.05) is 0 Å². The minimum absolute atomic E-state index is 0.107. The average Bonchev–Trinajstić information content (AvgIpc) is 1.49. The van der Waals surface area contributed by atoms with E-state index in [9.17, 15) is 43.2 Å². The standard InChI is InChI=1S/C78H152O17P2/c1-5-9-13-17-20-23-26-29-31-33-34-35-36-37-39-41-44-47-50-53-57-61-65-78(83)95-74(69-89-76(81)63-59-55-51-48-45-43-40-38-32-30-27-24-21-18-14-10-6-2)71-93-97(86,87)91-67-72(79)66-90-96(84,85)92-70-73(68-88-75(80)62-58-54-16-12-8-4)94-77(82)64-60-56-52-49-46-42-28-25-22-19-15-11-7-3/h72-74,79H,5-71H2,1-4H3,(H,84,85)(H,86,87)/t72-,73+,74+/m0/s1. The number of rotatable bonds is 79. The van der Waals surface area contributed by atoms with Crippen LogP contribution in [0.25, 0.3) is 0 Å². The van der Waals surface area contributed by atoms with Gasteiger partial charge in [0.2, 0.25) is 0 Å². The van der Waals surface area contributed by atoms with Gasteiger partial charge >= 0.3 is 39.5 Å². The first-order chi connectivity index (χ1) is 47.2. The van der Waals surface area contributed by atoms with Crippen LogP contribution >= 0.6 is 15.6 Å². The Hall–Kier alpha value is -1.94. The largest absolute Gasteiger partial charge is 0.472 e. The molecule has 0 aromatic carbocycles. The van der Waals surface area contributed by atoms with Crippen molar-refractivity contribution < 1.29 is 80.2 Å². The van der Waals surface area contributed by atoms with Gasteiger partial charge in [0.25, 0.3) is 0 Å². The van der Waals surface area contributed by atoms with Crippen LogP contribution in [0.4, 0.5) is 0 Å². The summed E-state index contributed by atoms with van der Waals surface area (Å²) in [7, 11) is -9.90. The minimum atomic E-state index is -4.96. The van der Waals surface area contributed by atoms with E-state index in [4.69, 9.17) is 37.0 Å². The lowest BCUT2D eigenvalue weighted by Gasteiger charge is -2.21. The molecule has 0 rings (SSSR count). The molecule has 0 aromatic heterocycles. The van der Waals surface area contributed by atoms with E-state index in [1.165, 1.54) is 244 Å². The van der Waals surface area contributed by atoms with Crippen molar-refractivity contribution in [2.45, 2.75) is 438 Å². The second kappa shape index (κ2) is 72.4. The Balaban J connectivity index is 5.11. The Morgan fingerprint density at radius 3 is 0.608 bits per heavy atom. The number of aliphatic hydroxyl groups is 1. The van der Waals surface area contributed by atoms with Crippen molar-refractivity contribution in [3.8, 4) is 0 Å². The molecule has 19 heteroatoms. The number of aliphatic hydroxyl groups excluding tert-OH is 1. The van der Waals surface area contributed by atoms with Crippen LogP contribution in [-0.2, 0) is 65.4 Å². The average molecular weight is 1420 g/mol. The van der Waals surface area contributed by atoms with Crippen LogP contribution in [0, 0.1) is 0 Å². The predicted octanol–water partition coefficient (Wildman–Crippen LogP) is 23.4. The summed E-state index contributed by atoms with van der Waals surface area (Å²) in [5.74, 6) is -2.12. The van der Waals surface area contributed by atoms with E-state index >= 15 is 0 Å². The van der Waals surface area contributed by atoms with Crippen molar-refractivity contribution in [2.75, 3.05) is 39.6 Å². The van der Waals surface area contributed by atoms with Crippen LogP contribution in [0.15, 0.2) is 0 Å². The van der Waals surface area contributed by atoms with Crippen LogP contribution in [0.5, 0.6) is 0 Å². The van der Waals surface area contributed by atoms with Gasteiger partial charge in [0.15, 0.2) is 12.2 Å². The lowest BCUT2D eigenvalue weighted by molar-refractivity contribution is -0.161. The van der Waals surface area contributed by atoms with Gasteiger partial charge in [0.05, 0.1) is 26.4 Å². The van der Waals surface area contributed by atoms with Gasteiger partial charge in [-0.05, 0) is 25.7 Å². The van der Waals surface area contributed by atoms with Crippen LogP contribution in [-0.4, -0.2) is 96.7 Å². The third-order valence-corrected chi connectivity index (χ3v) is 20.3. The van der Waals surface area contributed by atoms with Crippen molar-refractivity contribution in [1.29, 1.82) is 0 Å². The summed E-state index contributed by atoms with van der Waals surface area (Å²) in [6, 6.07) is 0. The molecule has 0 aromatic rings. The van der Waals surface area contributed by atoms with Gasteiger partial charge in [-0.25, -0.2) is 9.13 Å². The minimum Gasteiger partial charge on any atom is -0.462 e. The quantitative estimate of drug-likeness (QED) is 0.0222. The van der Waals surface area contributed by atoms with Crippen molar-refractivity contribution in [3.05, 3.63) is 0 Å². The van der Waals surface area contributed by atoms with Gasteiger partial charge in [0, 0.05) is 25.7 Å². The molecule has 0 aliphatic rings. The summed E-state index contributed by atoms with van der Waals surface area (Å²) >= 11 is 0. The van der Waals surface area contributed by atoms with E-state index in [0.717, 1.165) is 96.3 Å². The summed E-state index contributed by atoms with van der Waals surface area (Å²) in [5.41, 5.74) is 0. The van der Waals surface area contributed by atoms with Gasteiger partial charge in [-0.1, -0.05) is 368 Å². The number of phosphoric ester groups is 2. The van der Waals surface area contributed by atoms with Crippen molar-refractivity contribution >= 4 is 39.5 Å². The van der Waals surface area contributed by atoms with E-state index in [-0.39, 0.29) is 25.7 Å². The number of unbranched alkanes of at least 4 members (excludes halogenated alkanes) is 53. The number of ether oxygens (including phenoxy) is 4. The number of hydrogen-bond donors (Lipinski definition) is 3. The zero-order valence-corrected chi connectivity index (χ0v) is 64.8. The number of esters is 4. The van der Waals surface area contributed by atoms with Crippen LogP contribution in [0.1, 0.15) is 419 Å². The smallest absolute Gasteiger partial charge is 0.462 e. The van der Waals surface area contributed by atoms with Crippen molar-refractivity contribution in [2.24, 2.45) is 0 Å². The topological polar surface area (TPSA) is 237 Å². The first-order valence-corrected chi connectivity index (χ1v) is 43.8. The maximum absolute atomic E-state index is 13.1. The Bertz CT molecular complexity index is 1840. The molecule has 0 saturated carbocycles. The molecule has 0 radical (unpaired) electrons. The van der Waals surface area contributed by atoms with E-state index < -0.39 is 97.5 Å². The molecule has 0 aliphatic heterocycles. The molecular weight excluding hydrogens is 1270 g/mol. The highest BCUT2D eigenvalue weighted by Crippen LogP contribution is 2.45. The maximum atomic E-state index is 13.1. The fraction of sp³-hybridized carbons (Fsp3) is 0.949. The maximum Gasteiger partial charge on any atom is 0.472 e. The van der Waals surface area contributed by atoms with Gasteiger partial charge in [-0.15, -0.1) is 0 Å². The van der Waals surface area contributed by atoms with Gasteiger partial charge in [-0.3, -0.25) is 37.3 Å². The van der Waals surface area contributed by atoms with Gasteiger partial charge in [0.1, 0.15) is 19.3 Å². The molecule has 0 fully saturated rings. The van der Waals surface area contributed by atoms with E-state index in [1.54, 1.807) is 0 Å². The molecular formula is C78H152O17P2. The molecule has 0 heterocycles. The highest BCUT2D eigenvalue weighted by Gasteiger charge is 2.30. The second-order valence-corrected chi connectivity index (χ2v) is 31.0. The molecule has 2 unspecified atom stereocenters. The summed E-state index contributed by atoms with van der Waals surface area (Å²) < 4.78 is 68.4. The zero-order valence-electron chi connectivity index (χ0n) is 63.1. The summed E-state index contributed by atoms with van der Waals surface area (Å²) in [6.07, 6.45) is 64.4. The van der Waals surface area contributed by atoms with E-state index in [2.05, 4.69) is 27.7 Å². The lowest BCUT2D eigenvalue weighted by atomic mass is 10.0. The third kappa shape index (κ3) is 72.2. The van der Waals surface area contributed by atoms with E-state index in [0.29, 0.717) is 25.7 Å². The highest BCUT2D eigenvalue weighted by atomic mass is 31.2. The fourth-order valence-electron chi connectivity index (χ4n) is 12.1. The molecule has 0 spiro atoms. The highest BCUT2D eigenvalue weighted by molar-refractivity contribution is 7.47. The van der Waals surface area contributed by atoms with Crippen LogP contribution in [0.2, 0.25) is 0 Å². The summed E-state index contributed by atoms with van der Waals surface area (Å²) in [6.45, 7) is 4.91. The second-order valence-electron chi connectivity index (χ2n) is 28.1. The molecule has 0 amide bonds. The third-order valence-electron chi connectivity index (χ3n) is 18.4. The Labute approximate surface area is 594 Å². The molecule has 97 heavy (non-hydrogen) atoms. The molecule has 0 saturated heterocycles. The predicted molar refractivity (Wildman–Crippen MR) is 395 cm³/mol. The summed E-state index contributed by atoms with van der Waals surface area (Å²) in [5, 5.41) is 10.6. The lowest BCUT2D eigenvalue weighted by Crippen LogP contribution is -2.30. The van der Waals surface area contributed by atoms with Crippen molar-refractivity contribution in [1.82, 2.24) is 0 Å². The SMILES string of the molecule is CCCCCCCCCCCCCCCCCCCCCCCCC(=O)O[C@H](COC(=O)CCCCCCCCCCCCCCCCCCC)COP(=O)(O)OC[C@@H](O)COP(=O)(O)OC[C@@H](COC(=O)CCCCCCC)OC(=O)CCCCCCCCCCCCCCC.